The van der Waals surface area contributed by atoms with Gasteiger partial charge in [-0.15, -0.1) is 0 Å². The number of nitrogens with zero attached hydrogens (tertiary/aromatic N) is 4. The monoisotopic (exact) mass is 341 g/mol. The van der Waals surface area contributed by atoms with E-state index in [0.717, 1.165) is 6.42 Å². The molecule has 0 unspecified atom stereocenters. The summed E-state index contributed by atoms with van der Waals surface area (Å²) in [5.74, 6) is 1.18. The van der Waals surface area contributed by atoms with E-state index in [9.17, 15) is 4.79 Å². The zero-order valence-electron chi connectivity index (χ0n) is 11.4. The second-order valence-corrected chi connectivity index (χ2v) is 5.11. The summed E-state index contributed by atoms with van der Waals surface area (Å²) in [4.78, 5) is 16.1. The summed E-state index contributed by atoms with van der Waals surface area (Å²) in [5, 5.41) is 11.0. The molecule has 0 amide bonds. The number of hydrogen-bond acceptors (Lipinski definition) is 6. The molecule has 0 fully saturated rings. The van der Waals surface area contributed by atoms with E-state index in [-0.39, 0.29) is 5.56 Å². The standard InChI is InChI=1S/C12H16BrN5O2/c1-3-6-18-12(19)11(13)9(7-15-18)14-5-4-10-16-8(2)17-20-10/h7,14H,3-6H2,1-2H3. The number of anilines is 1. The zero-order valence-corrected chi connectivity index (χ0v) is 13.0. The number of hydrogen-bond donors (Lipinski definition) is 1. The van der Waals surface area contributed by atoms with Crippen LogP contribution < -0.4 is 10.9 Å². The lowest BCUT2D eigenvalue weighted by Gasteiger charge is -2.09. The van der Waals surface area contributed by atoms with Crippen molar-refractivity contribution in [3.63, 3.8) is 0 Å². The molecule has 7 nitrogen and oxygen atoms in total. The second-order valence-electron chi connectivity index (χ2n) is 4.31. The van der Waals surface area contributed by atoms with E-state index in [0.29, 0.717) is 41.4 Å². The van der Waals surface area contributed by atoms with Crippen LogP contribution in [0.25, 0.3) is 0 Å². The van der Waals surface area contributed by atoms with Crippen LogP contribution in [0.2, 0.25) is 0 Å². The molecule has 8 heteroatoms. The minimum Gasteiger partial charge on any atom is -0.382 e. The maximum absolute atomic E-state index is 12.0. The van der Waals surface area contributed by atoms with Gasteiger partial charge in [-0.1, -0.05) is 12.1 Å². The van der Waals surface area contributed by atoms with E-state index >= 15 is 0 Å². The van der Waals surface area contributed by atoms with Crippen molar-refractivity contribution in [1.29, 1.82) is 0 Å². The summed E-state index contributed by atoms with van der Waals surface area (Å²) in [7, 11) is 0. The first-order chi connectivity index (χ1) is 9.61. The molecule has 20 heavy (non-hydrogen) atoms. The maximum Gasteiger partial charge on any atom is 0.283 e. The van der Waals surface area contributed by atoms with E-state index in [1.54, 1.807) is 13.1 Å². The molecule has 0 aliphatic carbocycles. The minimum absolute atomic E-state index is 0.134. The van der Waals surface area contributed by atoms with E-state index < -0.39 is 0 Å². The predicted molar refractivity (Wildman–Crippen MR) is 77.7 cm³/mol. The first-order valence-corrected chi connectivity index (χ1v) is 7.19. The Labute approximate surface area is 124 Å². The summed E-state index contributed by atoms with van der Waals surface area (Å²) in [5.41, 5.74) is 0.532. The average Bonchev–Trinajstić information content (AvgIpc) is 2.84. The van der Waals surface area contributed by atoms with Crippen molar-refractivity contribution in [3.05, 3.63) is 32.7 Å². The van der Waals surface area contributed by atoms with Gasteiger partial charge in [-0.25, -0.2) is 4.68 Å². The number of halogens is 1. The highest BCUT2D eigenvalue weighted by atomic mass is 79.9. The molecule has 1 N–H and O–H groups in total. The first-order valence-electron chi connectivity index (χ1n) is 6.40. The molecule has 0 spiro atoms. The normalized spacial score (nSPS) is 10.8. The molecule has 0 aliphatic heterocycles. The van der Waals surface area contributed by atoms with E-state index in [1.165, 1.54) is 4.68 Å². The van der Waals surface area contributed by atoms with Gasteiger partial charge in [-0.05, 0) is 29.3 Å². The van der Waals surface area contributed by atoms with E-state index in [2.05, 4.69) is 36.5 Å². The number of nitrogens with one attached hydrogen (secondary N) is 1. The molecule has 2 rings (SSSR count). The average molecular weight is 342 g/mol. The zero-order chi connectivity index (χ0) is 14.5. The van der Waals surface area contributed by atoms with Crippen LogP contribution in [0.4, 0.5) is 5.69 Å². The molecule has 2 aromatic rings. The highest BCUT2D eigenvalue weighted by Gasteiger charge is 2.09. The Balaban J connectivity index is 1.99. The molecular weight excluding hydrogens is 326 g/mol. The SMILES string of the molecule is CCCn1ncc(NCCc2nc(C)no2)c(Br)c1=O. The second kappa shape index (κ2) is 6.65. The van der Waals surface area contributed by atoms with Crippen LogP contribution in [0.3, 0.4) is 0 Å². The Bertz CT molecular complexity index is 637. The van der Waals surface area contributed by atoms with Crippen LogP contribution in [-0.4, -0.2) is 26.5 Å². The molecule has 2 heterocycles. The molecule has 108 valence electrons. The lowest BCUT2D eigenvalue weighted by molar-refractivity contribution is 0.377. The Morgan fingerprint density at radius 1 is 1.50 bits per heavy atom. The number of aromatic nitrogens is 4. The fourth-order valence-electron chi connectivity index (χ4n) is 1.71. The van der Waals surface area contributed by atoms with Gasteiger partial charge in [0.25, 0.3) is 5.56 Å². The third-order valence-electron chi connectivity index (χ3n) is 2.64. The number of aryl methyl sites for hydroxylation is 2. The summed E-state index contributed by atoms with van der Waals surface area (Å²) in [6, 6.07) is 0. The number of rotatable bonds is 6. The van der Waals surface area contributed by atoms with Crippen LogP contribution in [-0.2, 0) is 13.0 Å². The smallest absolute Gasteiger partial charge is 0.283 e. The van der Waals surface area contributed by atoms with Crippen molar-refractivity contribution in [2.45, 2.75) is 33.2 Å². The minimum atomic E-state index is -0.134. The fraction of sp³-hybridized carbons (Fsp3) is 0.500. The van der Waals surface area contributed by atoms with Crippen LogP contribution in [0, 0.1) is 6.92 Å². The van der Waals surface area contributed by atoms with Gasteiger partial charge in [0.15, 0.2) is 5.82 Å². The van der Waals surface area contributed by atoms with Crippen molar-refractivity contribution in [1.82, 2.24) is 19.9 Å². The fourth-order valence-corrected chi connectivity index (χ4v) is 2.15. The van der Waals surface area contributed by atoms with Gasteiger partial charge in [-0.2, -0.15) is 10.1 Å². The molecule has 0 aromatic carbocycles. The third kappa shape index (κ3) is 3.44. The maximum atomic E-state index is 12.0. The van der Waals surface area contributed by atoms with Crippen molar-refractivity contribution >= 4 is 21.6 Å². The van der Waals surface area contributed by atoms with Gasteiger partial charge in [-0.3, -0.25) is 4.79 Å². The van der Waals surface area contributed by atoms with Gasteiger partial charge < -0.3 is 9.84 Å². The van der Waals surface area contributed by atoms with Gasteiger partial charge in [0, 0.05) is 19.5 Å². The Hall–Kier alpha value is -1.70. The van der Waals surface area contributed by atoms with Crippen molar-refractivity contribution in [2.24, 2.45) is 0 Å². The van der Waals surface area contributed by atoms with Crippen molar-refractivity contribution in [2.75, 3.05) is 11.9 Å². The van der Waals surface area contributed by atoms with Crippen molar-refractivity contribution in [3.8, 4) is 0 Å². The Morgan fingerprint density at radius 3 is 2.95 bits per heavy atom. The van der Waals surface area contributed by atoms with Crippen LogP contribution in [0.5, 0.6) is 0 Å². The third-order valence-corrected chi connectivity index (χ3v) is 3.41. The van der Waals surface area contributed by atoms with Crippen LogP contribution >= 0.6 is 15.9 Å². The highest BCUT2D eigenvalue weighted by molar-refractivity contribution is 9.10. The first kappa shape index (κ1) is 14.7. The highest BCUT2D eigenvalue weighted by Crippen LogP contribution is 2.16. The van der Waals surface area contributed by atoms with E-state index in [4.69, 9.17) is 4.52 Å². The molecule has 0 atom stereocenters. The predicted octanol–water partition coefficient (Wildman–Crippen LogP) is 1.76. The molecule has 0 aliphatic rings. The van der Waals surface area contributed by atoms with Crippen LogP contribution in [0.15, 0.2) is 20.0 Å². The Kier molecular flexibility index (Phi) is 4.89. The molecule has 2 aromatic heterocycles. The molecule has 0 saturated heterocycles. The molecule has 0 radical (unpaired) electrons. The largest absolute Gasteiger partial charge is 0.382 e. The molecular formula is C12H16BrN5O2. The lowest BCUT2D eigenvalue weighted by atomic mass is 10.4. The molecule has 0 bridgehead atoms. The topological polar surface area (TPSA) is 85.8 Å². The summed E-state index contributed by atoms with van der Waals surface area (Å²) >= 11 is 3.30. The summed E-state index contributed by atoms with van der Waals surface area (Å²) < 4.78 is 6.94. The van der Waals surface area contributed by atoms with Crippen molar-refractivity contribution < 1.29 is 4.52 Å². The van der Waals surface area contributed by atoms with Gasteiger partial charge in [0.05, 0.1) is 11.9 Å². The van der Waals surface area contributed by atoms with E-state index in [1.807, 2.05) is 6.92 Å². The summed E-state index contributed by atoms with van der Waals surface area (Å²) in [6.45, 7) is 4.97. The summed E-state index contributed by atoms with van der Waals surface area (Å²) in [6.07, 6.45) is 3.09. The Morgan fingerprint density at radius 2 is 2.30 bits per heavy atom. The lowest BCUT2D eigenvalue weighted by Crippen LogP contribution is -2.24. The molecule has 0 saturated carbocycles. The quantitative estimate of drug-likeness (QED) is 0.861. The van der Waals surface area contributed by atoms with Gasteiger partial charge >= 0.3 is 0 Å². The van der Waals surface area contributed by atoms with Gasteiger partial charge in [0.1, 0.15) is 4.47 Å². The van der Waals surface area contributed by atoms with Gasteiger partial charge in [0.2, 0.25) is 5.89 Å². The van der Waals surface area contributed by atoms with Crippen LogP contribution in [0.1, 0.15) is 25.1 Å².